The van der Waals surface area contributed by atoms with Crippen molar-refractivity contribution in [2.24, 2.45) is 0 Å². The number of hydrogen-bond donors (Lipinski definition) is 0. The molecule has 1 nitrogen and oxygen atoms in total. The van der Waals surface area contributed by atoms with Crippen LogP contribution in [0, 0.1) is 13.8 Å². The molecule has 0 unspecified atom stereocenters. The second-order valence-electron chi connectivity index (χ2n) is 9.61. The van der Waals surface area contributed by atoms with E-state index in [9.17, 15) is 0 Å². The van der Waals surface area contributed by atoms with E-state index in [1.165, 1.54) is 72.0 Å². The van der Waals surface area contributed by atoms with Crippen LogP contribution in [0.4, 0.5) is 17.1 Å². The first-order chi connectivity index (χ1) is 17.2. The molecule has 0 fully saturated rings. The zero-order valence-electron chi connectivity index (χ0n) is 19.9. The van der Waals surface area contributed by atoms with Crippen LogP contribution in [0.5, 0.6) is 0 Å². The number of benzene rings is 6. The summed E-state index contributed by atoms with van der Waals surface area (Å²) in [6.07, 6.45) is 0. The normalized spacial score (nSPS) is 11.7. The number of nitrogens with zero attached hydrogens (tertiary/aromatic N) is 1. The van der Waals surface area contributed by atoms with Gasteiger partial charge in [0.2, 0.25) is 0 Å². The van der Waals surface area contributed by atoms with E-state index >= 15 is 0 Å². The average Bonchev–Trinajstić information content (AvgIpc) is 3.22. The van der Waals surface area contributed by atoms with Gasteiger partial charge in [-0.15, -0.1) is 0 Å². The number of aryl methyl sites for hydroxylation is 2. The molecule has 1 heteroatoms. The predicted molar refractivity (Wildman–Crippen MR) is 150 cm³/mol. The summed E-state index contributed by atoms with van der Waals surface area (Å²) in [5, 5.41) is 5.15. The summed E-state index contributed by atoms with van der Waals surface area (Å²) in [6, 6.07) is 42.4. The largest absolute Gasteiger partial charge is 0.310 e. The smallest absolute Gasteiger partial charge is 0.0540 e. The summed E-state index contributed by atoms with van der Waals surface area (Å²) in [5.74, 6) is 0. The van der Waals surface area contributed by atoms with Crippen molar-refractivity contribution in [2.75, 3.05) is 4.90 Å². The average molecular weight is 448 g/mol. The molecule has 7 rings (SSSR count). The van der Waals surface area contributed by atoms with Gasteiger partial charge in [0, 0.05) is 16.8 Å². The molecule has 0 radical (unpaired) electrons. The predicted octanol–water partition coefficient (Wildman–Crippen LogP) is 9.73. The van der Waals surface area contributed by atoms with Gasteiger partial charge in [0.1, 0.15) is 0 Å². The lowest BCUT2D eigenvalue weighted by molar-refractivity contribution is 1.29. The second-order valence-corrected chi connectivity index (χ2v) is 9.61. The molecule has 6 aromatic rings. The van der Waals surface area contributed by atoms with Crippen LogP contribution in [0.15, 0.2) is 115 Å². The SMILES string of the molecule is Cc1ccc(N(c2ccc3cc(C)ccc3c2)c2ccc3c4c(cccc24)-c2ccccc2-3)cc1. The lowest BCUT2D eigenvalue weighted by atomic mass is 9.99. The highest BCUT2D eigenvalue weighted by Gasteiger charge is 2.24. The van der Waals surface area contributed by atoms with E-state index in [2.05, 4.69) is 134 Å². The van der Waals surface area contributed by atoms with E-state index in [1.807, 2.05) is 0 Å². The van der Waals surface area contributed by atoms with Gasteiger partial charge in [-0.05, 0) is 82.6 Å². The summed E-state index contributed by atoms with van der Waals surface area (Å²) in [7, 11) is 0. The molecule has 0 atom stereocenters. The number of fused-ring (bicyclic) bond motifs is 4. The Hall–Kier alpha value is -4.36. The minimum absolute atomic E-state index is 1.17. The van der Waals surface area contributed by atoms with Crippen molar-refractivity contribution in [2.45, 2.75) is 13.8 Å². The van der Waals surface area contributed by atoms with Crippen molar-refractivity contribution >= 4 is 38.6 Å². The van der Waals surface area contributed by atoms with Gasteiger partial charge >= 0.3 is 0 Å². The third-order valence-electron chi connectivity index (χ3n) is 7.30. The highest BCUT2D eigenvalue weighted by atomic mass is 15.1. The topological polar surface area (TPSA) is 3.24 Å². The highest BCUT2D eigenvalue weighted by Crippen LogP contribution is 2.51. The maximum atomic E-state index is 2.41. The molecule has 0 aromatic heterocycles. The molecule has 35 heavy (non-hydrogen) atoms. The minimum Gasteiger partial charge on any atom is -0.310 e. The Morgan fingerprint density at radius 2 is 1.09 bits per heavy atom. The summed E-state index contributed by atoms with van der Waals surface area (Å²) in [5.41, 5.74) is 11.4. The Morgan fingerprint density at radius 3 is 1.89 bits per heavy atom. The van der Waals surface area contributed by atoms with Gasteiger partial charge in [0.05, 0.1) is 5.69 Å². The molecular formula is C34H25N. The van der Waals surface area contributed by atoms with E-state index in [0.29, 0.717) is 0 Å². The van der Waals surface area contributed by atoms with Crippen molar-refractivity contribution in [3.8, 4) is 22.3 Å². The van der Waals surface area contributed by atoms with Gasteiger partial charge in [-0.25, -0.2) is 0 Å². The van der Waals surface area contributed by atoms with Crippen molar-refractivity contribution in [3.05, 3.63) is 126 Å². The monoisotopic (exact) mass is 447 g/mol. The molecule has 1 aliphatic rings. The van der Waals surface area contributed by atoms with Crippen LogP contribution in [0.25, 0.3) is 43.8 Å². The second kappa shape index (κ2) is 7.58. The van der Waals surface area contributed by atoms with Crippen LogP contribution in [0.1, 0.15) is 11.1 Å². The van der Waals surface area contributed by atoms with Gasteiger partial charge < -0.3 is 4.90 Å². The fraction of sp³-hybridized carbons (Fsp3) is 0.0588. The van der Waals surface area contributed by atoms with Crippen LogP contribution >= 0.6 is 0 Å². The Labute approximate surface area is 205 Å². The zero-order chi connectivity index (χ0) is 23.5. The molecule has 0 bridgehead atoms. The van der Waals surface area contributed by atoms with E-state index in [1.54, 1.807) is 0 Å². The van der Waals surface area contributed by atoms with E-state index < -0.39 is 0 Å². The molecule has 0 saturated heterocycles. The third kappa shape index (κ3) is 3.09. The van der Waals surface area contributed by atoms with Gasteiger partial charge in [0.25, 0.3) is 0 Å². The van der Waals surface area contributed by atoms with Gasteiger partial charge in [0.15, 0.2) is 0 Å². The Bertz CT molecular complexity index is 1730. The zero-order valence-corrected chi connectivity index (χ0v) is 19.9. The van der Waals surface area contributed by atoms with E-state index in [-0.39, 0.29) is 0 Å². The van der Waals surface area contributed by atoms with Crippen LogP contribution in [0.2, 0.25) is 0 Å². The molecule has 0 spiro atoms. The van der Waals surface area contributed by atoms with Crippen molar-refractivity contribution in [3.63, 3.8) is 0 Å². The standard InChI is InChI=1S/C34H25N/c1-22-11-15-26(16-12-22)35(27-17-14-24-20-23(2)10-13-25(24)21-27)33-19-18-31-29-7-4-3-6-28(29)30-8-5-9-32(33)34(30)31/h3-21H,1-2H3. The maximum Gasteiger partial charge on any atom is 0.0540 e. The summed E-state index contributed by atoms with van der Waals surface area (Å²) in [4.78, 5) is 2.41. The lowest BCUT2D eigenvalue weighted by Crippen LogP contribution is -2.10. The molecule has 0 heterocycles. The number of anilines is 3. The Morgan fingerprint density at radius 1 is 0.457 bits per heavy atom. The first kappa shape index (κ1) is 20.1. The van der Waals surface area contributed by atoms with Crippen LogP contribution in [-0.4, -0.2) is 0 Å². The molecule has 166 valence electrons. The molecule has 0 saturated carbocycles. The molecule has 6 aromatic carbocycles. The van der Waals surface area contributed by atoms with Gasteiger partial charge in [-0.2, -0.15) is 0 Å². The summed E-state index contributed by atoms with van der Waals surface area (Å²) >= 11 is 0. The lowest BCUT2D eigenvalue weighted by Gasteiger charge is -2.27. The Kier molecular flexibility index (Phi) is 4.34. The van der Waals surface area contributed by atoms with Crippen molar-refractivity contribution < 1.29 is 0 Å². The molecular weight excluding hydrogens is 422 g/mol. The number of rotatable bonds is 3. The molecule has 0 amide bonds. The van der Waals surface area contributed by atoms with Crippen LogP contribution in [-0.2, 0) is 0 Å². The summed E-state index contributed by atoms with van der Waals surface area (Å²) < 4.78 is 0. The van der Waals surface area contributed by atoms with Crippen molar-refractivity contribution in [1.29, 1.82) is 0 Å². The van der Waals surface area contributed by atoms with Gasteiger partial charge in [-0.1, -0.05) is 96.1 Å². The first-order valence-corrected chi connectivity index (χ1v) is 12.2. The molecule has 1 aliphatic carbocycles. The van der Waals surface area contributed by atoms with Crippen LogP contribution in [0.3, 0.4) is 0 Å². The number of hydrogen-bond acceptors (Lipinski definition) is 1. The van der Waals surface area contributed by atoms with E-state index in [4.69, 9.17) is 0 Å². The summed E-state index contributed by atoms with van der Waals surface area (Å²) in [6.45, 7) is 4.29. The van der Waals surface area contributed by atoms with Crippen LogP contribution < -0.4 is 4.90 Å². The van der Waals surface area contributed by atoms with Gasteiger partial charge in [-0.3, -0.25) is 0 Å². The quantitative estimate of drug-likeness (QED) is 0.260. The fourth-order valence-corrected chi connectivity index (χ4v) is 5.60. The maximum absolute atomic E-state index is 2.41. The van der Waals surface area contributed by atoms with Crippen molar-refractivity contribution in [1.82, 2.24) is 0 Å². The third-order valence-corrected chi connectivity index (χ3v) is 7.30. The highest BCUT2D eigenvalue weighted by molar-refractivity contribution is 6.19. The minimum atomic E-state index is 1.17. The van der Waals surface area contributed by atoms with E-state index in [0.717, 1.165) is 0 Å². The molecule has 0 aliphatic heterocycles. The molecule has 0 N–H and O–H groups in total. The Balaban J connectivity index is 1.51. The first-order valence-electron chi connectivity index (χ1n) is 12.2. The fourth-order valence-electron chi connectivity index (χ4n) is 5.60.